The van der Waals surface area contributed by atoms with E-state index in [0.29, 0.717) is 31.1 Å². The summed E-state index contributed by atoms with van der Waals surface area (Å²) < 4.78 is 32.4. The van der Waals surface area contributed by atoms with Crippen LogP contribution in [0.15, 0.2) is 53.4 Å². The molecule has 0 saturated carbocycles. The largest absolute Gasteiger partial charge is 0.492 e. The Hall–Kier alpha value is -2.38. The molecule has 0 spiro atoms. The fourth-order valence-electron chi connectivity index (χ4n) is 3.26. The molecule has 7 heteroatoms. The standard InChI is InChI=1S/C21H26N2O4S/c1-2-27-20-9-5-4-8-19(20)22-21(24)16-17-10-12-18(13-11-17)28(25,26)23-14-6-3-7-15-23/h4-5,8-13H,2-3,6-7,14-16H2,1H3,(H,22,24). The zero-order valence-electron chi connectivity index (χ0n) is 16.1. The number of rotatable bonds is 7. The van der Waals surface area contributed by atoms with Gasteiger partial charge in [0.15, 0.2) is 0 Å². The Morgan fingerprint density at radius 1 is 1.04 bits per heavy atom. The van der Waals surface area contributed by atoms with E-state index < -0.39 is 10.0 Å². The molecule has 0 radical (unpaired) electrons. The number of anilines is 1. The Bertz CT molecular complexity index is 904. The Balaban J connectivity index is 1.65. The van der Waals surface area contributed by atoms with Gasteiger partial charge in [0, 0.05) is 13.1 Å². The predicted octanol–water partition coefficient (Wildman–Crippen LogP) is 3.44. The SMILES string of the molecule is CCOc1ccccc1NC(=O)Cc1ccc(S(=O)(=O)N2CCCCC2)cc1. The minimum absolute atomic E-state index is 0.157. The Morgan fingerprint density at radius 2 is 1.71 bits per heavy atom. The molecule has 2 aromatic carbocycles. The first-order chi connectivity index (χ1) is 13.5. The number of nitrogens with one attached hydrogen (secondary N) is 1. The van der Waals surface area contributed by atoms with E-state index in [0.717, 1.165) is 24.8 Å². The summed E-state index contributed by atoms with van der Waals surface area (Å²) in [5, 5.41) is 2.85. The summed E-state index contributed by atoms with van der Waals surface area (Å²) in [4.78, 5) is 12.7. The van der Waals surface area contributed by atoms with Gasteiger partial charge in [-0.25, -0.2) is 8.42 Å². The average Bonchev–Trinajstić information content (AvgIpc) is 2.71. The number of sulfonamides is 1. The zero-order chi connectivity index (χ0) is 20.0. The number of amides is 1. The van der Waals surface area contributed by atoms with Gasteiger partial charge in [0.2, 0.25) is 15.9 Å². The summed E-state index contributed by atoms with van der Waals surface area (Å²) in [7, 11) is -3.45. The van der Waals surface area contributed by atoms with Crippen molar-refractivity contribution in [2.75, 3.05) is 25.0 Å². The molecule has 28 heavy (non-hydrogen) atoms. The van der Waals surface area contributed by atoms with E-state index in [4.69, 9.17) is 4.74 Å². The van der Waals surface area contributed by atoms with Crippen LogP contribution in [0.1, 0.15) is 31.7 Å². The van der Waals surface area contributed by atoms with Gasteiger partial charge in [0.05, 0.1) is 23.6 Å². The summed E-state index contributed by atoms with van der Waals surface area (Å²) in [5.41, 5.74) is 1.38. The van der Waals surface area contributed by atoms with Crippen molar-refractivity contribution in [1.82, 2.24) is 4.31 Å². The lowest BCUT2D eigenvalue weighted by atomic mass is 10.1. The van der Waals surface area contributed by atoms with E-state index in [2.05, 4.69) is 5.32 Å². The normalized spacial score (nSPS) is 15.2. The number of hydrogen-bond donors (Lipinski definition) is 1. The fourth-order valence-corrected chi connectivity index (χ4v) is 4.78. The number of piperidine rings is 1. The van der Waals surface area contributed by atoms with Crippen molar-refractivity contribution in [2.45, 2.75) is 37.5 Å². The van der Waals surface area contributed by atoms with Crippen LogP contribution in [0.3, 0.4) is 0 Å². The van der Waals surface area contributed by atoms with Crippen molar-refractivity contribution < 1.29 is 17.9 Å². The highest BCUT2D eigenvalue weighted by atomic mass is 32.2. The zero-order valence-corrected chi connectivity index (χ0v) is 16.9. The first kappa shape index (κ1) is 20.4. The lowest BCUT2D eigenvalue weighted by Crippen LogP contribution is -2.35. The molecule has 0 atom stereocenters. The quantitative estimate of drug-likeness (QED) is 0.770. The minimum atomic E-state index is -3.45. The molecular weight excluding hydrogens is 376 g/mol. The lowest BCUT2D eigenvalue weighted by Gasteiger charge is -2.25. The third-order valence-corrected chi connectivity index (χ3v) is 6.61. The third-order valence-electron chi connectivity index (χ3n) is 4.70. The number of para-hydroxylation sites is 2. The van der Waals surface area contributed by atoms with E-state index >= 15 is 0 Å². The van der Waals surface area contributed by atoms with E-state index in [9.17, 15) is 13.2 Å². The Labute approximate surface area is 166 Å². The van der Waals surface area contributed by atoms with Crippen molar-refractivity contribution in [3.8, 4) is 5.75 Å². The lowest BCUT2D eigenvalue weighted by molar-refractivity contribution is -0.115. The summed E-state index contributed by atoms with van der Waals surface area (Å²) >= 11 is 0. The van der Waals surface area contributed by atoms with Crippen LogP contribution >= 0.6 is 0 Å². The number of ether oxygens (including phenoxy) is 1. The molecule has 1 heterocycles. The number of nitrogens with zero attached hydrogens (tertiary/aromatic N) is 1. The molecule has 1 amide bonds. The van der Waals surface area contributed by atoms with Gasteiger partial charge in [-0.15, -0.1) is 0 Å². The second-order valence-corrected chi connectivity index (χ2v) is 8.70. The third kappa shape index (κ3) is 4.91. The molecule has 6 nitrogen and oxygen atoms in total. The van der Waals surface area contributed by atoms with Crippen LogP contribution in [-0.4, -0.2) is 38.3 Å². The molecular formula is C21H26N2O4S. The van der Waals surface area contributed by atoms with Crippen molar-refractivity contribution in [2.24, 2.45) is 0 Å². The van der Waals surface area contributed by atoms with E-state index in [1.54, 1.807) is 40.7 Å². The molecule has 0 aliphatic carbocycles. The molecule has 0 bridgehead atoms. The van der Waals surface area contributed by atoms with Crippen LogP contribution in [0.25, 0.3) is 0 Å². The van der Waals surface area contributed by atoms with Gasteiger partial charge < -0.3 is 10.1 Å². The predicted molar refractivity (Wildman–Crippen MR) is 109 cm³/mol. The second kappa shape index (κ2) is 9.21. The highest BCUT2D eigenvalue weighted by molar-refractivity contribution is 7.89. The van der Waals surface area contributed by atoms with Gasteiger partial charge in [-0.05, 0) is 49.6 Å². The molecule has 1 saturated heterocycles. The van der Waals surface area contributed by atoms with E-state index in [-0.39, 0.29) is 17.2 Å². The molecule has 1 aliphatic rings. The van der Waals surface area contributed by atoms with Crippen LogP contribution in [0.5, 0.6) is 5.75 Å². The van der Waals surface area contributed by atoms with Gasteiger partial charge in [-0.1, -0.05) is 30.7 Å². The maximum absolute atomic E-state index is 12.7. The number of benzene rings is 2. The van der Waals surface area contributed by atoms with Crippen molar-refractivity contribution in [1.29, 1.82) is 0 Å². The maximum atomic E-state index is 12.7. The summed E-state index contributed by atoms with van der Waals surface area (Å²) in [5.74, 6) is 0.445. The van der Waals surface area contributed by atoms with Gasteiger partial charge in [-0.3, -0.25) is 4.79 Å². The Morgan fingerprint density at radius 3 is 2.39 bits per heavy atom. The fraction of sp³-hybridized carbons (Fsp3) is 0.381. The highest BCUT2D eigenvalue weighted by Gasteiger charge is 2.25. The molecule has 1 fully saturated rings. The molecule has 3 rings (SSSR count). The van der Waals surface area contributed by atoms with Crippen molar-refractivity contribution in [3.05, 3.63) is 54.1 Å². The van der Waals surface area contributed by atoms with Gasteiger partial charge in [-0.2, -0.15) is 4.31 Å². The second-order valence-electron chi connectivity index (χ2n) is 6.76. The van der Waals surface area contributed by atoms with Crippen LogP contribution in [0, 0.1) is 0 Å². The van der Waals surface area contributed by atoms with Crippen LogP contribution < -0.4 is 10.1 Å². The molecule has 0 unspecified atom stereocenters. The summed E-state index contributed by atoms with van der Waals surface area (Å²) in [6, 6.07) is 13.8. The van der Waals surface area contributed by atoms with Crippen LogP contribution in [0.2, 0.25) is 0 Å². The van der Waals surface area contributed by atoms with E-state index in [1.165, 1.54) is 0 Å². The van der Waals surface area contributed by atoms with E-state index in [1.807, 2.05) is 19.1 Å². The maximum Gasteiger partial charge on any atom is 0.243 e. The van der Waals surface area contributed by atoms with Crippen LogP contribution in [0.4, 0.5) is 5.69 Å². The summed E-state index contributed by atoms with van der Waals surface area (Å²) in [6.45, 7) is 3.55. The van der Waals surface area contributed by atoms with Gasteiger partial charge in [0.25, 0.3) is 0 Å². The number of carbonyl (C=O) groups excluding carboxylic acids is 1. The first-order valence-electron chi connectivity index (χ1n) is 9.61. The first-order valence-corrected chi connectivity index (χ1v) is 11.1. The number of carbonyl (C=O) groups is 1. The minimum Gasteiger partial charge on any atom is -0.492 e. The molecule has 0 aromatic heterocycles. The average molecular weight is 403 g/mol. The molecule has 2 aromatic rings. The summed E-state index contributed by atoms with van der Waals surface area (Å²) in [6.07, 6.45) is 3.04. The van der Waals surface area contributed by atoms with Crippen LogP contribution in [-0.2, 0) is 21.2 Å². The van der Waals surface area contributed by atoms with Gasteiger partial charge >= 0.3 is 0 Å². The van der Waals surface area contributed by atoms with Crippen molar-refractivity contribution in [3.63, 3.8) is 0 Å². The molecule has 1 N–H and O–H groups in total. The molecule has 150 valence electrons. The number of hydrogen-bond acceptors (Lipinski definition) is 4. The highest BCUT2D eigenvalue weighted by Crippen LogP contribution is 2.24. The Kier molecular flexibility index (Phi) is 6.70. The molecule has 1 aliphatic heterocycles. The smallest absolute Gasteiger partial charge is 0.243 e. The van der Waals surface area contributed by atoms with Gasteiger partial charge in [0.1, 0.15) is 5.75 Å². The van der Waals surface area contributed by atoms with Crippen molar-refractivity contribution >= 4 is 21.6 Å². The topological polar surface area (TPSA) is 75.7 Å². The monoisotopic (exact) mass is 402 g/mol.